The molecule has 0 bridgehead atoms. The first kappa shape index (κ1) is 21.0. The molecule has 0 fully saturated rings. The Morgan fingerprint density at radius 3 is 2.55 bits per heavy atom. The fraction of sp³-hybridized carbons (Fsp3) is 0.238. The Bertz CT molecular complexity index is 1010. The van der Waals surface area contributed by atoms with Crippen molar-refractivity contribution in [1.29, 1.82) is 0 Å². The van der Waals surface area contributed by atoms with E-state index in [0.29, 0.717) is 32.9 Å². The van der Waals surface area contributed by atoms with Crippen LogP contribution in [0.3, 0.4) is 0 Å². The zero-order chi connectivity index (χ0) is 21.1. The largest absolute Gasteiger partial charge is 0.493 e. The molecule has 3 rings (SSSR count). The second-order valence-electron chi connectivity index (χ2n) is 6.58. The number of amides is 1. The van der Waals surface area contributed by atoms with E-state index >= 15 is 0 Å². The van der Waals surface area contributed by atoms with Gasteiger partial charge < -0.3 is 25.4 Å². The molecule has 1 heterocycles. The third-order valence-corrected chi connectivity index (χ3v) is 5.20. The maximum absolute atomic E-state index is 13.2. The van der Waals surface area contributed by atoms with Gasteiger partial charge in [-0.15, -0.1) is 0 Å². The molecule has 1 amide bonds. The normalized spacial score (nSPS) is 16.0. The number of hydrogen-bond donors (Lipinski definition) is 3. The standard InChI is InChI=1S/C21H22ClN3O3S/c1-11-7-5-6-8-15(11)24-20(26)17-12(2)23-21(29)25-18(17)13-9-14(22)19(28-4)16(10-13)27-3/h5-10,18H,1-4H3,(H,24,26)(H2,23,25,29)/t18-/m1/s1. The number of para-hydroxylation sites is 1. The maximum Gasteiger partial charge on any atom is 0.255 e. The Morgan fingerprint density at radius 2 is 1.90 bits per heavy atom. The molecule has 0 aromatic heterocycles. The second-order valence-corrected chi connectivity index (χ2v) is 7.39. The minimum absolute atomic E-state index is 0.241. The number of allylic oxidation sites excluding steroid dienone is 1. The van der Waals surface area contributed by atoms with Gasteiger partial charge in [-0.3, -0.25) is 4.79 Å². The van der Waals surface area contributed by atoms with Gasteiger partial charge in [0.1, 0.15) is 0 Å². The van der Waals surface area contributed by atoms with E-state index in [2.05, 4.69) is 16.0 Å². The lowest BCUT2D eigenvalue weighted by Crippen LogP contribution is -2.45. The maximum atomic E-state index is 13.2. The van der Waals surface area contributed by atoms with E-state index in [1.807, 2.05) is 38.1 Å². The highest BCUT2D eigenvalue weighted by atomic mass is 35.5. The van der Waals surface area contributed by atoms with Crippen LogP contribution >= 0.6 is 23.8 Å². The Hall–Kier alpha value is -2.77. The van der Waals surface area contributed by atoms with Gasteiger partial charge in [-0.1, -0.05) is 29.8 Å². The van der Waals surface area contributed by atoms with Crippen molar-refractivity contribution in [2.45, 2.75) is 19.9 Å². The predicted molar refractivity (Wildman–Crippen MR) is 119 cm³/mol. The summed E-state index contributed by atoms with van der Waals surface area (Å²) in [5, 5.41) is 9.97. The van der Waals surface area contributed by atoms with Crippen molar-refractivity contribution in [2.24, 2.45) is 0 Å². The molecule has 3 N–H and O–H groups in total. The van der Waals surface area contributed by atoms with E-state index in [1.54, 1.807) is 12.1 Å². The molecule has 0 saturated heterocycles. The van der Waals surface area contributed by atoms with Crippen molar-refractivity contribution >= 4 is 40.5 Å². The number of rotatable bonds is 5. The second kappa shape index (κ2) is 8.71. The molecule has 2 aromatic rings. The van der Waals surface area contributed by atoms with Gasteiger partial charge in [0.15, 0.2) is 16.6 Å². The summed E-state index contributed by atoms with van der Waals surface area (Å²) in [6.07, 6.45) is 0. The molecule has 1 aliphatic rings. The summed E-state index contributed by atoms with van der Waals surface area (Å²) in [4.78, 5) is 13.2. The first-order valence-electron chi connectivity index (χ1n) is 8.92. The zero-order valence-corrected chi connectivity index (χ0v) is 18.1. The Morgan fingerprint density at radius 1 is 1.17 bits per heavy atom. The topological polar surface area (TPSA) is 71.6 Å². The monoisotopic (exact) mass is 431 g/mol. The van der Waals surface area contributed by atoms with Gasteiger partial charge in [0.25, 0.3) is 5.91 Å². The highest BCUT2D eigenvalue weighted by molar-refractivity contribution is 7.80. The van der Waals surface area contributed by atoms with Crippen LogP contribution in [0.5, 0.6) is 11.5 Å². The van der Waals surface area contributed by atoms with Crippen molar-refractivity contribution in [1.82, 2.24) is 10.6 Å². The molecule has 152 valence electrons. The summed E-state index contributed by atoms with van der Waals surface area (Å²) in [6.45, 7) is 3.75. The number of halogens is 1. The number of anilines is 1. The molecule has 0 radical (unpaired) electrons. The first-order valence-corrected chi connectivity index (χ1v) is 9.71. The van der Waals surface area contributed by atoms with Gasteiger partial charge >= 0.3 is 0 Å². The first-order chi connectivity index (χ1) is 13.8. The highest BCUT2D eigenvalue weighted by Crippen LogP contribution is 2.40. The molecular weight excluding hydrogens is 410 g/mol. The van der Waals surface area contributed by atoms with Crippen molar-refractivity contribution in [3.05, 3.63) is 63.8 Å². The van der Waals surface area contributed by atoms with Crippen LogP contribution in [0.15, 0.2) is 47.7 Å². The van der Waals surface area contributed by atoms with Crippen molar-refractivity contribution in [3.8, 4) is 11.5 Å². The summed E-state index contributed by atoms with van der Waals surface area (Å²) < 4.78 is 10.7. The molecule has 1 aliphatic heterocycles. The molecule has 29 heavy (non-hydrogen) atoms. The SMILES string of the molecule is COc1cc([C@H]2NC(=S)NC(C)=C2C(=O)Nc2ccccc2C)cc(Cl)c1OC. The Balaban J connectivity index is 2.04. The van der Waals surface area contributed by atoms with E-state index in [4.69, 9.17) is 33.3 Å². The van der Waals surface area contributed by atoms with Crippen LogP contribution in [0.4, 0.5) is 5.69 Å². The lowest BCUT2D eigenvalue weighted by atomic mass is 9.94. The van der Waals surface area contributed by atoms with Crippen LogP contribution in [0, 0.1) is 6.92 Å². The van der Waals surface area contributed by atoms with E-state index in [9.17, 15) is 4.79 Å². The zero-order valence-electron chi connectivity index (χ0n) is 16.6. The lowest BCUT2D eigenvalue weighted by molar-refractivity contribution is -0.113. The number of carbonyl (C=O) groups is 1. The van der Waals surface area contributed by atoms with Crippen molar-refractivity contribution in [2.75, 3.05) is 19.5 Å². The van der Waals surface area contributed by atoms with Crippen LogP contribution in [0.25, 0.3) is 0 Å². The molecule has 6 nitrogen and oxygen atoms in total. The van der Waals surface area contributed by atoms with E-state index < -0.39 is 6.04 Å². The van der Waals surface area contributed by atoms with Gasteiger partial charge in [0.2, 0.25) is 0 Å². The van der Waals surface area contributed by atoms with Crippen LogP contribution in [-0.2, 0) is 4.79 Å². The number of hydrogen-bond acceptors (Lipinski definition) is 4. The van der Waals surface area contributed by atoms with Crippen molar-refractivity contribution in [3.63, 3.8) is 0 Å². The van der Waals surface area contributed by atoms with Gasteiger partial charge in [-0.25, -0.2) is 0 Å². The summed E-state index contributed by atoms with van der Waals surface area (Å²) in [5.74, 6) is 0.661. The molecule has 0 unspecified atom stereocenters. The molecule has 8 heteroatoms. The predicted octanol–water partition coefficient (Wildman–Crippen LogP) is 4.10. The number of benzene rings is 2. The van der Waals surface area contributed by atoms with Gasteiger partial charge in [-0.2, -0.15) is 0 Å². The molecule has 1 atom stereocenters. The Labute approximate surface area is 180 Å². The van der Waals surface area contributed by atoms with E-state index in [0.717, 1.165) is 16.8 Å². The molecule has 0 spiro atoms. The van der Waals surface area contributed by atoms with Crippen LogP contribution < -0.4 is 25.4 Å². The molecular formula is C21H22ClN3O3S. The fourth-order valence-corrected chi connectivity index (χ4v) is 3.82. The average molecular weight is 432 g/mol. The summed E-state index contributed by atoms with van der Waals surface area (Å²) in [5.41, 5.74) is 3.61. The van der Waals surface area contributed by atoms with Gasteiger partial charge in [-0.05, 0) is 55.4 Å². The molecule has 2 aromatic carbocycles. The van der Waals surface area contributed by atoms with E-state index in [1.165, 1.54) is 14.2 Å². The minimum atomic E-state index is -0.509. The molecule has 0 aliphatic carbocycles. The third kappa shape index (κ3) is 4.31. The van der Waals surface area contributed by atoms with Crippen LogP contribution in [-0.4, -0.2) is 25.2 Å². The third-order valence-electron chi connectivity index (χ3n) is 4.70. The van der Waals surface area contributed by atoms with E-state index in [-0.39, 0.29) is 5.91 Å². The summed E-state index contributed by atoms with van der Waals surface area (Å²) >= 11 is 11.7. The smallest absolute Gasteiger partial charge is 0.255 e. The highest BCUT2D eigenvalue weighted by Gasteiger charge is 2.31. The molecule has 0 saturated carbocycles. The summed E-state index contributed by atoms with van der Waals surface area (Å²) in [6, 6.07) is 10.6. The minimum Gasteiger partial charge on any atom is -0.493 e. The van der Waals surface area contributed by atoms with Crippen molar-refractivity contribution < 1.29 is 14.3 Å². The number of aryl methyl sites for hydroxylation is 1. The average Bonchev–Trinajstić information content (AvgIpc) is 2.68. The fourth-order valence-electron chi connectivity index (χ4n) is 3.25. The van der Waals surface area contributed by atoms with Gasteiger partial charge in [0, 0.05) is 11.4 Å². The summed E-state index contributed by atoms with van der Waals surface area (Å²) in [7, 11) is 3.05. The van der Waals surface area contributed by atoms with Crippen LogP contribution in [0.2, 0.25) is 5.02 Å². The van der Waals surface area contributed by atoms with Crippen LogP contribution in [0.1, 0.15) is 24.1 Å². The quantitative estimate of drug-likeness (QED) is 0.619. The Kier molecular flexibility index (Phi) is 6.30. The number of ether oxygens (including phenoxy) is 2. The number of thiocarbonyl (C=S) groups is 1. The number of nitrogens with one attached hydrogen (secondary N) is 3. The lowest BCUT2D eigenvalue weighted by Gasteiger charge is -2.31. The van der Waals surface area contributed by atoms with Gasteiger partial charge in [0.05, 0.1) is 30.9 Å². The number of carbonyl (C=O) groups excluding carboxylic acids is 1. The number of methoxy groups -OCH3 is 2.